The summed E-state index contributed by atoms with van der Waals surface area (Å²) < 4.78 is 5.90. The lowest BCUT2D eigenvalue weighted by atomic mass is 10.2. The van der Waals surface area contributed by atoms with Crippen LogP contribution in [0.1, 0.15) is 12.5 Å². The van der Waals surface area contributed by atoms with Crippen LogP contribution in [0.2, 0.25) is 5.02 Å². The molecule has 7 heteroatoms. The number of benzene rings is 1. The van der Waals surface area contributed by atoms with Crippen molar-refractivity contribution in [2.24, 2.45) is 0 Å². The zero-order valence-electron chi connectivity index (χ0n) is 11.6. The highest BCUT2D eigenvalue weighted by atomic mass is 35.5. The van der Waals surface area contributed by atoms with E-state index in [1.54, 1.807) is 12.4 Å². The Morgan fingerprint density at radius 1 is 1.33 bits per heavy atom. The molecule has 0 amide bonds. The summed E-state index contributed by atoms with van der Waals surface area (Å²) >= 11 is 5.96. The van der Waals surface area contributed by atoms with Crippen molar-refractivity contribution in [2.75, 3.05) is 11.9 Å². The van der Waals surface area contributed by atoms with Gasteiger partial charge in [-0.1, -0.05) is 11.6 Å². The molecule has 3 rings (SSSR count). The fraction of sp³-hybridized carbons (Fsp3) is 0.214. The number of halogens is 1. The lowest BCUT2D eigenvalue weighted by Gasteiger charge is -2.10. The topological polar surface area (TPSA) is 75.7 Å². The molecular weight excluding hydrogens is 290 g/mol. The van der Waals surface area contributed by atoms with E-state index in [0.717, 1.165) is 12.1 Å². The first-order valence-corrected chi connectivity index (χ1v) is 6.94. The molecule has 0 bridgehead atoms. The van der Waals surface area contributed by atoms with Crippen molar-refractivity contribution < 1.29 is 4.74 Å². The van der Waals surface area contributed by atoms with Gasteiger partial charge in [0.05, 0.1) is 6.33 Å². The molecule has 0 saturated heterocycles. The van der Waals surface area contributed by atoms with Gasteiger partial charge in [0.25, 0.3) is 5.88 Å². The van der Waals surface area contributed by atoms with Crippen molar-refractivity contribution in [1.82, 2.24) is 19.9 Å². The minimum atomic E-state index is 0.430. The lowest BCUT2D eigenvalue weighted by Crippen LogP contribution is -2.03. The van der Waals surface area contributed by atoms with Gasteiger partial charge in [-0.2, -0.15) is 9.97 Å². The summed E-state index contributed by atoms with van der Waals surface area (Å²) in [6, 6.07) is 5.43. The molecule has 0 saturated carbocycles. The first-order valence-electron chi connectivity index (χ1n) is 6.56. The maximum Gasteiger partial charge on any atom is 0.250 e. The number of anilines is 1. The van der Waals surface area contributed by atoms with Crippen molar-refractivity contribution in [2.45, 2.75) is 13.8 Å². The first kappa shape index (κ1) is 13.6. The number of aromatic amines is 1. The van der Waals surface area contributed by atoms with Gasteiger partial charge >= 0.3 is 0 Å². The van der Waals surface area contributed by atoms with Gasteiger partial charge in [-0.3, -0.25) is 0 Å². The van der Waals surface area contributed by atoms with Gasteiger partial charge in [0.2, 0.25) is 5.95 Å². The molecule has 0 unspecified atom stereocenters. The van der Waals surface area contributed by atoms with Crippen LogP contribution in [0.5, 0.6) is 11.6 Å². The average Bonchev–Trinajstić information content (AvgIpc) is 2.91. The van der Waals surface area contributed by atoms with Gasteiger partial charge in [-0.05, 0) is 37.6 Å². The summed E-state index contributed by atoms with van der Waals surface area (Å²) in [5.41, 5.74) is 2.15. The fourth-order valence-corrected chi connectivity index (χ4v) is 2.18. The van der Waals surface area contributed by atoms with E-state index >= 15 is 0 Å². The number of rotatable bonds is 4. The molecule has 0 aliphatic carbocycles. The maximum absolute atomic E-state index is 5.96. The molecule has 2 heterocycles. The number of aryl methyl sites for hydroxylation is 1. The smallest absolute Gasteiger partial charge is 0.250 e. The van der Waals surface area contributed by atoms with Crippen molar-refractivity contribution in [3.05, 3.63) is 35.1 Å². The molecule has 2 N–H and O–H groups in total. The van der Waals surface area contributed by atoms with Crippen molar-refractivity contribution in [3.8, 4) is 11.6 Å². The number of H-pyrrole nitrogens is 1. The highest BCUT2D eigenvalue weighted by Crippen LogP contribution is 2.30. The molecule has 1 aromatic carbocycles. The molecule has 21 heavy (non-hydrogen) atoms. The highest BCUT2D eigenvalue weighted by Gasteiger charge is 2.13. The van der Waals surface area contributed by atoms with Gasteiger partial charge < -0.3 is 15.0 Å². The predicted molar refractivity (Wildman–Crippen MR) is 82.1 cm³/mol. The minimum absolute atomic E-state index is 0.430. The summed E-state index contributed by atoms with van der Waals surface area (Å²) in [6.45, 7) is 4.62. The van der Waals surface area contributed by atoms with E-state index in [1.807, 2.05) is 26.0 Å². The van der Waals surface area contributed by atoms with Gasteiger partial charge in [0.15, 0.2) is 5.65 Å². The second kappa shape index (κ2) is 5.57. The number of ether oxygens (including phenoxy) is 1. The number of nitrogens with zero attached hydrogens (tertiary/aromatic N) is 3. The predicted octanol–water partition coefficient (Wildman–Crippen LogP) is 3.54. The molecule has 0 atom stereocenters. The summed E-state index contributed by atoms with van der Waals surface area (Å²) in [5, 5.41) is 3.73. The Balaban J connectivity index is 2.04. The molecule has 6 nitrogen and oxygen atoms in total. The third-order valence-corrected chi connectivity index (χ3v) is 3.17. The number of imidazole rings is 1. The Bertz CT molecular complexity index is 786. The first-order chi connectivity index (χ1) is 10.2. The summed E-state index contributed by atoms with van der Waals surface area (Å²) in [4.78, 5) is 15.8. The van der Waals surface area contributed by atoms with Crippen molar-refractivity contribution >= 4 is 28.7 Å². The Kier molecular flexibility index (Phi) is 3.62. The van der Waals surface area contributed by atoms with E-state index in [9.17, 15) is 0 Å². The van der Waals surface area contributed by atoms with Gasteiger partial charge in [-0.25, -0.2) is 4.98 Å². The highest BCUT2D eigenvalue weighted by molar-refractivity contribution is 6.30. The van der Waals surface area contributed by atoms with Gasteiger partial charge in [0, 0.05) is 11.6 Å². The number of hydrogen-bond acceptors (Lipinski definition) is 5. The summed E-state index contributed by atoms with van der Waals surface area (Å²) in [5.74, 6) is 1.61. The third-order valence-electron chi connectivity index (χ3n) is 2.93. The molecule has 0 aliphatic heterocycles. The van der Waals surface area contributed by atoms with Gasteiger partial charge in [-0.15, -0.1) is 0 Å². The SMILES string of the molecule is CCNc1nc(Oc2ccc(Cl)cc2C)c2[nH]cnc2n1. The number of aromatic nitrogens is 4. The number of nitrogens with one attached hydrogen (secondary N) is 2. The second-order valence-electron chi connectivity index (χ2n) is 4.50. The Morgan fingerprint density at radius 3 is 2.95 bits per heavy atom. The van der Waals surface area contributed by atoms with Crippen LogP contribution in [0.25, 0.3) is 11.2 Å². The van der Waals surface area contributed by atoms with E-state index in [1.165, 1.54) is 0 Å². The molecule has 0 fully saturated rings. The monoisotopic (exact) mass is 303 g/mol. The normalized spacial score (nSPS) is 10.8. The molecule has 0 aliphatic rings. The quantitative estimate of drug-likeness (QED) is 0.771. The van der Waals surface area contributed by atoms with Crippen LogP contribution in [-0.2, 0) is 0 Å². The Labute approximate surface area is 126 Å². The van der Waals surface area contributed by atoms with Gasteiger partial charge in [0.1, 0.15) is 11.3 Å². The molecular formula is C14H14ClN5O. The zero-order valence-corrected chi connectivity index (χ0v) is 12.4. The molecule has 0 spiro atoms. The van der Waals surface area contributed by atoms with E-state index in [0.29, 0.717) is 33.8 Å². The zero-order chi connectivity index (χ0) is 14.8. The summed E-state index contributed by atoms with van der Waals surface area (Å²) in [6.07, 6.45) is 1.57. The van der Waals surface area contributed by atoms with Crippen LogP contribution >= 0.6 is 11.6 Å². The van der Waals surface area contributed by atoms with Crippen LogP contribution in [-0.4, -0.2) is 26.5 Å². The van der Waals surface area contributed by atoms with Crippen LogP contribution in [0.3, 0.4) is 0 Å². The van der Waals surface area contributed by atoms with E-state index in [-0.39, 0.29) is 0 Å². The van der Waals surface area contributed by atoms with Crippen LogP contribution < -0.4 is 10.1 Å². The third kappa shape index (κ3) is 2.75. The van der Waals surface area contributed by atoms with E-state index < -0.39 is 0 Å². The lowest BCUT2D eigenvalue weighted by molar-refractivity contribution is 0.464. The average molecular weight is 304 g/mol. The minimum Gasteiger partial charge on any atom is -0.437 e. The molecule has 2 aromatic heterocycles. The molecule has 3 aromatic rings. The van der Waals surface area contributed by atoms with Crippen LogP contribution in [0.4, 0.5) is 5.95 Å². The van der Waals surface area contributed by atoms with Crippen LogP contribution in [0.15, 0.2) is 24.5 Å². The number of fused-ring (bicyclic) bond motifs is 1. The fourth-order valence-electron chi connectivity index (χ4n) is 1.95. The van der Waals surface area contributed by atoms with E-state index in [4.69, 9.17) is 16.3 Å². The largest absolute Gasteiger partial charge is 0.437 e. The standard InChI is InChI=1S/C14H14ClN5O/c1-3-16-14-19-12-11(17-7-18-12)13(20-14)21-10-5-4-9(15)6-8(10)2/h4-7H,3H2,1-2H3,(H2,16,17,18,19,20). The molecule has 0 radical (unpaired) electrons. The molecule has 108 valence electrons. The van der Waals surface area contributed by atoms with Crippen molar-refractivity contribution in [3.63, 3.8) is 0 Å². The summed E-state index contributed by atoms with van der Waals surface area (Å²) in [7, 11) is 0. The van der Waals surface area contributed by atoms with Crippen molar-refractivity contribution in [1.29, 1.82) is 0 Å². The Morgan fingerprint density at radius 2 is 2.19 bits per heavy atom. The Hall–Kier alpha value is -2.34. The maximum atomic E-state index is 5.96. The van der Waals surface area contributed by atoms with E-state index in [2.05, 4.69) is 25.3 Å². The number of hydrogen-bond donors (Lipinski definition) is 2. The van der Waals surface area contributed by atoms with Crippen LogP contribution in [0, 0.1) is 6.92 Å². The second-order valence-corrected chi connectivity index (χ2v) is 4.93.